The monoisotopic (exact) mass is 260 g/mol. The largest absolute Gasteiger partial charge is 0.494 e. The fourth-order valence-corrected chi connectivity index (χ4v) is 1.59. The Balaban J connectivity index is 2.16. The Bertz CT molecular complexity index is 590. The first-order valence-corrected chi connectivity index (χ1v) is 6.22. The maximum absolute atomic E-state index is 11.4. The van der Waals surface area contributed by atoms with Gasteiger partial charge in [0.2, 0.25) is 5.88 Å². The Morgan fingerprint density at radius 1 is 1.16 bits per heavy atom. The van der Waals surface area contributed by atoms with Gasteiger partial charge in [0.15, 0.2) is 0 Å². The van der Waals surface area contributed by atoms with E-state index in [1.807, 2.05) is 26.0 Å². The Hall–Kier alpha value is -2.30. The van der Waals surface area contributed by atoms with Crippen molar-refractivity contribution in [2.45, 2.75) is 20.3 Å². The highest BCUT2D eigenvalue weighted by Crippen LogP contribution is 2.21. The fourth-order valence-electron chi connectivity index (χ4n) is 1.59. The zero-order valence-electron chi connectivity index (χ0n) is 11.0. The third-order valence-electron chi connectivity index (χ3n) is 2.46. The molecule has 0 aliphatic carbocycles. The lowest BCUT2D eigenvalue weighted by Gasteiger charge is -2.07. The van der Waals surface area contributed by atoms with Crippen molar-refractivity contribution in [1.82, 2.24) is 9.97 Å². The van der Waals surface area contributed by atoms with Crippen molar-refractivity contribution < 1.29 is 9.47 Å². The number of nitrogens with one attached hydrogen (secondary N) is 1. The van der Waals surface area contributed by atoms with Crippen LogP contribution in [0.2, 0.25) is 0 Å². The lowest BCUT2D eigenvalue weighted by Crippen LogP contribution is -2.10. The molecule has 1 N–H and O–H groups in total. The predicted molar refractivity (Wildman–Crippen MR) is 71.9 cm³/mol. The van der Waals surface area contributed by atoms with E-state index in [1.54, 1.807) is 12.1 Å². The molecule has 0 saturated heterocycles. The molecular weight excluding hydrogens is 244 g/mol. The highest BCUT2D eigenvalue weighted by atomic mass is 16.5. The van der Waals surface area contributed by atoms with E-state index >= 15 is 0 Å². The van der Waals surface area contributed by atoms with Gasteiger partial charge < -0.3 is 14.5 Å². The second kappa shape index (κ2) is 6.04. The SMILES string of the molecule is CCOc1ccc(Oc2cc(=O)[nH]c(CC)n2)cc1. The van der Waals surface area contributed by atoms with Crippen molar-refractivity contribution in [2.75, 3.05) is 6.61 Å². The molecule has 2 aromatic rings. The first kappa shape index (κ1) is 13.1. The Morgan fingerprint density at radius 3 is 2.47 bits per heavy atom. The Morgan fingerprint density at radius 2 is 1.84 bits per heavy atom. The first-order chi connectivity index (χ1) is 9.21. The van der Waals surface area contributed by atoms with Gasteiger partial charge in [-0.15, -0.1) is 0 Å². The van der Waals surface area contributed by atoms with Gasteiger partial charge in [0.05, 0.1) is 12.7 Å². The van der Waals surface area contributed by atoms with Gasteiger partial charge in [-0.25, -0.2) is 0 Å². The summed E-state index contributed by atoms with van der Waals surface area (Å²) in [5.74, 6) is 2.30. The maximum Gasteiger partial charge on any atom is 0.254 e. The molecule has 5 nitrogen and oxygen atoms in total. The molecule has 100 valence electrons. The van der Waals surface area contributed by atoms with Crippen molar-refractivity contribution in [3.8, 4) is 17.4 Å². The summed E-state index contributed by atoms with van der Waals surface area (Å²) in [4.78, 5) is 18.2. The van der Waals surface area contributed by atoms with E-state index in [0.717, 1.165) is 5.75 Å². The summed E-state index contributed by atoms with van der Waals surface area (Å²) in [7, 11) is 0. The van der Waals surface area contributed by atoms with E-state index in [-0.39, 0.29) is 5.56 Å². The molecule has 19 heavy (non-hydrogen) atoms. The highest BCUT2D eigenvalue weighted by molar-refractivity contribution is 5.33. The number of hydrogen-bond donors (Lipinski definition) is 1. The van der Waals surface area contributed by atoms with Crippen molar-refractivity contribution in [1.29, 1.82) is 0 Å². The molecule has 2 rings (SSSR count). The summed E-state index contributed by atoms with van der Waals surface area (Å²) in [5, 5.41) is 0. The molecule has 0 amide bonds. The first-order valence-electron chi connectivity index (χ1n) is 6.22. The summed E-state index contributed by atoms with van der Waals surface area (Å²) in [6.45, 7) is 4.46. The third kappa shape index (κ3) is 3.58. The molecule has 0 atom stereocenters. The van der Waals surface area contributed by atoms with Crippen molar-refractivity contribution in [2.24, 2.45) is 0 Å². The van der Waals surface area contributed by atoms with E-state index in [9.17, 15) is 4.79 Å². The molecule has 0 radical (unpaired) electrons. The molecule has 1 heterocycles. The van der Waals surface area contributed by atoms with Crippen LogP contribution in [0, 0.1) is 0 Å². The normalized spacial score (nSPS) is 10.2. The van der Waals surface area contributed by atoms with Gasteiger partial charge in [0, 0.05) is 6.42 Å². The minimum Gasteiger partial charge on any atom is -0.494 e. The molecule has 1 aromatic heterocycles. The van der Waals surface area contributed by atoms with Gasteiger partial charge in [-0.1, -0.05) is 6.92 Å². The molecule has 0 unspecified atom stereocenters. The van der Waals surface area contributed by atoms with E-state index in [0.29, 0.717) is 30.5 Å². The van der Waals surface area contributed by atoms with Gasteiger partial charge in [-0.2, -0.15) is 4.98 Å². The minimum atomic E-state index is -0.215. The lowest BCUT2D eigenvalue weighted by molar-refractivity contribution is 0.339. The molecule has 0 fully saturated rings. The van der Waals surface area contributed by atoms with Crippen LogP contribution < -0.4 is 15.0 Å². The van der Waals surface area contributed by atoms with Crippen LogP contribution in [0.3, 0.4) is 0 Å². The van der Waals surface area contributed by atoms with Gasteiger partial charge >= 0.3 is 0 Å². The Labute approximate surface area is 111 Å². The van der Waals surface area contributed by atoms with E-state index in [1.165, 1.54) is 6.07 Å². The minimum absolute atomic E-state index is 0.215. The molecule has 0 aliphatic rings. The number of rotatable bonds is 5. The van der Waals surface area contributed by atoms with Gasteiger partial charge in [0.1, 0.15) is 17.3 Å². The van der Waals surface area contributed by atoms with Crippen molar-refractivity contribution in [3.63, 3.8) is 0 Å². The number of benzene rings is 1. The number of hydrogen-bond acceptors (Lipinski definition) is 4. The van der Waals surface area contributed by atoms with Crippen LogP contribution in [0.5, 0.6) is 17.4 Å². The molecule has 0 bridgehead atoms. The quantitative estimate of drug-likeness (QED) is 0.897. The smallest absolute Gasteiger partial charge is 0.254 e. The maximum atomic E-state index is 11.4. The van der Waals surface area contributed by atoms with Crippen LogP contribution in [0.25, 0.3) is 0 Å². The molecule has 0 saturated carbocycles. The summed E-state index contributed by atoms with van der Waals surface area (Å²) in [6.07, 6.45) is 0.649. The molecular formula is C14H16N2O3. The average molecular weight is 260 g/mol. The van der Waals surface area contributed by atoms with E-state index < -0.39 is 0 Å². The van der Waals surface area contributed by atoms with Crippen LogP contribution in [-0.2, 0) is 6.42 Å². The van der Waals surface area contributed by atoms with Crippen LogP contribution >= 0.6 is 0 Å². The van der Waals surface area contributed by atoms with E-state index in [2.05, 4.69) is 9.97 Å². The van der Waals surface area contributed by atoms with Crippen molar-refractivity contribution in [3.05, 3.63) is 46.5 Å². The zero-order valence-corrected chi connectivity index (χ0v) is 11.0. The topological polar surface area (TPSA) is 64.2 Å². The summed E-state index contributed by atoms with van der Waals surface area (Å²) >= 11 is 0. The average Bonchev–Trinajstić information content (AvgIpc) is 2.40. The molecule has 5 heteroatoms. The van der Waals surface area contributed by atoms with Crippen LogP contribution in [0.1, 0.15) is 19.7 Å². The molecule has 0 aliphatic heterocycles. The number of H-pyrrole nitrogens is 1. The standard InChI is InChI=1S/C14H16N2O3/c1-3-12-15-13(17)9-14(16-12)19-11-7-5-10(6-8-11)18-4-2/h5-9H,3-4H2,1-2H3,(H,15,16,17). The third-order valence-corrected chi connectivity index (χ3v) is 2.46. The number of aromatic nitrogens is 2. The van der Waals surface area contributed by atoms with E-state index in [4.69, 9.17) is 9.47 Å². The number of aromatic amines is 1. The summed E-state index contributed by atoms with van der Waals surface area (Å²) < 4.78 is 10.9. The van der Waals surface area contributed by atoms with Crippen LogP contribution in [0.15, 0.2) is 35.1 Å². The fraction of sp³-hybridized carbons (Fsp3) is 0.286. The predicted octanol–water partition coefficient (Wildman–Crippen LogP) is 2.52. The van der Waals surface area contributed by atoms with Crippen molar-refractivity contribution >= 4 is 0 Å². The second-order valence-electron chi connectivity index (χ2n) is 3.89. The van der Waals surface area contributed by atoms with Crippen LogP contribution in [0.4, 0.5) is 0 Å². The molecule has 0 spiro atoms. The number of aryl methyl sites for hydroxylation is 1. The Kier molecular flexibility index (Phi) is 4.18. The summed E-state index contributed by atoms with van der Waals surface area (Å²) in [5.41, 5.74) is -0.215. The number of ether oxygens (including phenoxy) is 2. The number of nitrogens with zero attached hydrogens (tertiary/aromatic N) is 1. The van der Waals surface area contributed by atoms with Crippen LogP contribution in [-0.4, -0.2) is 16.6 Å². The zero-order chi connectivity index (χ0) is 13.7. The van der Waals surface area contributed by atoms with Gasteiger partial charge in [-0.05, 0) is 31.2 Å². The highest BCUT2D eigenvalue weighted by Gasteiger charge is 2.03. The molecule has 1 aromatic carbocycles. The van der Waals surface area contributed by atoms with Gasteiger partial charge in [-0.3, -0.25) is 4.79 Å². The van der Waals surface area contributed by atoms with Gasteiger partial charge in [0.25, 0.3) is 5.56 Å². The lowest BCUT2D eigenvalue weighted by atomic mass is 10.3. The second-order valence-corrected chi connectivity index (χ2v) is 3.89. The summed E-state index contributed by atoms with van der Waals surface area (Å²) in [6, 6.07) is 8.51.